The Bertz CT molecular complexity index is 631. The van der Waals surface area contributed by atoms with E-state index in [1.807, 2.05) is 43.4 Å². The molecule has 1 aliphatic carbocycles. The van der Waals surface area contributed by atoms with Crippen molar-refractivity contribution in [2.24, 2.45) is 5.73 Å². The van der Waals surface area contributed by atoms with Crippen molar-refractivity contribution >= 4 is 0 Å². The molecule has 0 radical (unpaired) electrons. The van der Waals surface area contributed by atoms with Crippen LogP contribution >= 0.6 is 0 Å². The van der Waals surface area contributed by atoms with Gasteiger partial charge in [0.05, 0.1) is 0 Å². The van der Waals surface area contributed by atoms with E-state index in [4.69, 9.17) is 5.73 Å². The van der Waals surface area contributed by atoms with E-state index in [-0.39, 0.29) is 6.04 Å². The molecule has 2 unspecified atom stereocenters. The summed E-state index contributed by atoms with van der Waals surface area (Å²) >= 11 is 0. The normalized spacial score (nSPS) is 15.8. The Balaban J connectivity index is 0.000000208. The predicted molar refractivity (Wildman–Crippen MR) is 119 cm³/mol. The minimum Gasteiger partial charge on any atom is -0.329 e. The van der Waals surface area contributed by atoms with Crippen molar-refractivity contribution in [1.29, 1.82) is 0 Å². The summed E-state index contributed by atoms with van der Waals surface area (Å²) in [5, 5.41) is 6.49. The maximum absolute atomic E-state index is 5.55. The fraction of sp³-hybridized carbons (Fsp3) is 0.333. The molecule has 2 aromatic rings. The molecule has 0 saturated carbocycles. The molecule has 0 saturated heterocycles. The third-order valence-electron chi connectivity index (χ3n) is 4.17. The molecular weight excluding hydrogens is 330 g/mol. The molecule has 3 heteroatoms. The summed E-state index contributed by atoms with van der Waals surface area (Å²) in [7, 11) is 1.92. The zero-order valence-electron chi connectivity index (χ0n) is 16.9. The molecule has 0 aliphatic heterocycles. The maximum atomic E-state index is 5.55. The van der Waals surface area contributed by atoms with Crippen molar-refractivity contribution in [3.8, 4) is 0 Å². The Labute approximate surface area is 165 Å². The molecule has 2 atom stereocenters. The summed E-state index contributed by atoms with van der Waals surface area (Å²) in [5.74, 6) is 0. The Morgan fingerprint density at radius 1 is 1.00 bits per heavy atom. The number of hydrogen-bond acceptors (Lipinski definition) is 3. The number of rotatable bonds is 5. The quantitative estimate of drug-likeness (QED) is 0.737. The van der Waals surface area contributed by atoms with Crippen LogP contribution < -0.4 is 16.4 Å². The van der Waals surface area contributed by atoms with Gasteiger partial charge in [0.25, 0.3) is 0 Å². The highest BCUT2D eigenvalue weighted by atomic mass is 14.9. The molecule has 0 amide bonds. The second-order valence-electron chi connectivity index (χ2n) is 6.36. The lowest BCUT2D eigenvalue weighted by Gasteiger charge is -2.13. The van der Waals surface area contributed by atoms with Crippen molar-refractivity contribution in [3.63, 3.8) is 0 Å². The van der Waals surface area contributed by atoms with Crippen LogP contribution in [0.2, 0.25) is 0 Å². The number of nitrogens with two attached hydrogens (primary N) is 1. The summed E-state index contributed by atoms with van der Waals surface area (Å²) in [6, 6.07) is 21.3. The molecule has 27 heavy (non-hydrogen) atoms. The van der Waals surface area contributed by atoms with E-state index in [9.17, 15) is 0 Å². The number of hydrogen-bond donors (Lipinski definition) is 3. The van der Waals surface area contributed by atoms with Crippen LogP contribution in [0.5, 0.6) is 0 Å². The molecule has 3 nitrogen and oxygen atoms in total. The number of benzene rings is 2. The zero-order valence-corrected chi connectivity index (χ0v) is 16.9. The van der Waals surface area contributed by atoms with Crippen molar-refractivity contribution in [3.05, 3.63) is 96.1 Å². The average molecular weight is 366 g/mol. The molecule has 0 fully saturated rings. The Hall–Kier alpha value is -2.20. The average Bonchev–Trinajstić information content (AvgIpc) is 2.72. The van der Waals surface area contributed by atoms with E-state index in [1.54, 1.807) is 0 Å². The minimum atomic E-state index is 0.288. The lowest BCUT2D eigenvalue weighted by molar-refractivity contribution is 0.606. The van der Waals surface area contributed by atoms with Crippen LogP contribution in [-0.2, 0) is 0 Å². The molecule has 0 aromatic heterocycles. The molecule has 4 N–H and O–H groups in total. The first kappa shape index (κ1) is 22.8. The number of nitrogens with one attached hydrogen (secondary N) is 2. The summed E-state index contributed by atoms with van der Waals surface area (Å²) in [5.41, 5.74) is 8.12. The lowest BCUT2D eigenvalue weighted by atomic mass is 10.1. The van der Waals surface area contributed by atoms with Gasteiger partial charge >= 0.3 is 0 Å². The summed E-state index contributed by atoms with van der Waals surface area (Å²) in [4.78, 5) is 0. The van der Waals surface area contributed by atoms with Gasteiger partial charge in [0.2, 0.25) is 0 Å². The lowest BCUT2D eigenvalue weighted by Crippen LogP contribution is -2.26. The van der Waals surface area contributed by atoms with E-state index in [2.05, 4.69) is 73.1 Å². The van der Waals surface area contributed by atoms with Crippen LogP contribution in [0.25, 0.3) is 0 Å². The first-order valence-corrected chi connectivity index (χ1v) is 9.71. The smallest absolute Gasteiger partial charge is 0.0442 e. The van der Waals surface area contributed by atoms with Crippen LogP contribution in [0.15, 0.2) is 85.0 Å². The van der Waals surface area contributed by atoms with Crippen LogP contribution in [0.3, 0.4) is 0 Å². The third-order valence-corrected chi connectivity index (χ3v) is 4.17. The number of likely N-dealkylation sites (N-methyl/N-ethyl adjacent to an activating group) is 2. The molecule has 1 aliphatic rings. The Kier molecular flexibility index (Phi) is 12.6. The predicted octanol–water partition coefficient (Wildman–Crippen LogP) is 4.38. The van der Waals surface area contributed by atoms with E-state index in [0.717, 1.165) is 13.0 Å². The largest absolute Gasteiger partial charge is 0.329 e. The van der Waals surface area contributed by atoms with E-state index >= 15 is 0 Å². The molecule has 0 spiro atoms. The molecular formula is C24H35N3. The van der Waals surface area contributed by atoms with Crippen molar-refractivity contribution in [2.45, 2.75) is 32.4 Å². The molecule has 2 aromatic carbocycles. The van der Waals surface area contributed by atoms with E-state index < -0.39 is 0 Å². The van der Waals surface area contributed by atoms with E-state index in [1.165, 1.54) is 11.1 Å². The van der Waals surface area contributed by atoms with Gasteiger partial charge in [-0.25, -0.2) is 0 Å². The van der Waals surface area contributed by atoms with Crippen LogP contribution in [-0.4, -0.2) is 26.2 Å². The topological polar surface area (TPSA) is 50.1 Å². The van der Waals surface area contributed by atoms with Gasteiger partial charge in [-0.3, -0.25) is 0 Å². The van der Waals surface area contributed by atoms with Crippen molar-refractivity contribution in [2.75, 3.05) is 20.1 Å². The van der Waals surface area contributed by atoms with Gasteiger partial charge in [0.1, 0.15) is 0 Å². The monoisotopic (exact) mass is 365 g/mol. The van der Waals surface area contributed by atoms with Crippen molar-refractivity contribution in [1.82, 2.24) is 10.6 Å². The highest BCUT2D eigenvalue weighted by Crippen LogP contribution is 2.09. The SMILES string of the molecule is CCNC1C=CC=CC1.CNC(CN)c1ccccc1.Cc1ccccc1. The Morgan fingerprint density at radius 3 is 2.04 bits per heavy atom. The fourth-order valence-corrected chi connectivity index (χ4v) is 2.63. The molecule has 0 bridgehead atoms. The van der Waals surface area contributed by atoms with Gasteiger partial charge in [0.15, 0.2) is 0 Å². The van der Waals surface area contributed by atoms with Gasteiger partial charge in [0, 0.05) is 18.6 Å². The Morgan fingerprint density at radius 2 is 1.63 bits per heavy atom. The van der Waals surface area contributed by atoms with Gasteiger partial charge in [-0.2, -0.15) is 0 Å². The van der Waals surface area contributed by atoms with Crippen LogP contribution in [0.4, 0.5) is 0 Å². The fourth-order valence-electron chi connectivity index (χ4n) is 2.63. The third kappa shape index (κ3) is 10.5. The van der Waals surface area contributed by atoms with Crippen molar-refractivity contribution < 1.29 is 0 Å². The standard InChI is InChI=1S/C9H14N2.C8H13N.C7H8/c1-11-9(7-10)8-5-3-2-4-6-8;1-2-9-8-6-4-3-5-7-8;1-7-5-3-2-4-6-7/h2-6,9,11H,7,10H2,1H3;3-6,8-9H,2,7H2,1H3;2-6H,1H3. The highest BCUT2D eigenvalue weighted by molar-refractivity contribution is 5.19. The summed E-state index contributed by atoms with van der Waals surface area (Å²) < 4.78 is 0. The molecule has 0 heterocycles. The summed E-state index contributed by atoms with van der Waals surface area (Å²) in [6.45, 7) is 5.91. The summed E-state index contributed by atoms with van der Waals surface area (Å²) in [6.07, 6.45) is 9.71. The van der Waals surface area contributed by atoms with E-state index in [0.29, 0.717) is 12.6 Å². The second-order valence-corrected chi connectivity index (χ2v) is 6.36. The van der Waals surface area contributed by atoms with Crippen LogP contribution in [0, 0.1) is 6.92 Å². The van der Waals surface area contributed by atoms with Crippen LogP contribution in [0.1, 0.15) is 30.5 Å². The molecule has 3 rings (SSSR count). The molecule has 146 valence electrons. The van der Waals surface area contributed by atoms with Gasteiger partial charge in [-0.1, -0.05) is 97.5 Å². The zero-order chi connectivity index (χ0) is 19.7. The second kappa shape index (κ2) is 14.9. The number of allylic oxidation sites excluding steroid dienone is 2. The van der Waals surface area contributed by atoms with Gasteiger partial charge in [-0.15, -0.1) is 0 Å². The first-order valence-electron chi connectivity index (χ1n) is 9.71. The first-order chi connectivity index (χ1) is 13.2. The van der Waals surface area contributed by atoms with Gasteiger partial charge < -0.3 is 16.4 Å². The number of aryl methyl sites for hydroxylation is 1. The van der Waals surface area contributed by atoms with Gasteiger partial charge in [-0.05, 0) is 32.5 Å². The highest BCUT2D eigenvalue weighted by Gasteiger charge is 2.03. The minimum absolute atomic E-state index is 0.288. The maximum Gasteiger partial charge on any atom is 0.0442 e.